The molecule has 43 heavy (non-hydrogen) atoms. The summed E-state index contributed by atoms with van der Waals surface area (Å²) in [5.74, 6) is -4.76. The highest BCUT2D eigenvalue weighted by Gasteiger charge is 2.27. The first-order chi connectivity index (χ1) is 19.7. The summed E-state index contributed by atoms with van der Waals surface area (Å²) in [6.07, 6.45) is 0.724. The van der Waals surface area contributed by atoms with Crippen LogP contribution in [0.3, 0.4) is 0 Å². The summed E-state index contributed by atoms with van der Waals surface area (Å²) in [6, 6.07) is 11.0. The molecule has 0 aliphatic carbocycles. The lowest BCUT2D eigenvalue weighted by Crippen LogP contribution is -2.54. The number of hydrogen-bond acceptors (Lipinski definition) is 9. The predicted octanol–water partition coefficient (Wildman–Crippen LogP) is -1.35. The van der Waals surface area contributed by atoms with Gasteiger partial charge in [0.2, 0.25) is 23.6 Å². The number of aromatic hydroxyl groups is 1. The maximum atomic E-state index is 13.0. The number of amides is 4. The van der Waals surface area contributed by atoms with Crippen molar-refractivity contribution in [3.8, 4) is 5.75 Å². The second-order valence-electron chi connectivity index (χ2n) is 9.60. The number of sulfone groups is 1. The molecule has 2 aromatic rings. The minimum atomic E-state index is -3.49. The molecule has 8 N–H and O–H groups in total. The van der Waals surface area contributed by atoms with Gasteiger partial charge >= 0.3 is 5.97 Å². The van der Waals surface area contributed by atoms with Gasteiger partial charge in [0.15, 0.2) is 0 Å². The summed E-state index contributed by atoms with van der Waals surface area (Å²) >= 11 is 0. The molecule has 0 spiro atoms. The smallest absolute Gasteiger partial charge is 0.326 e. The minimum Gasteiger partial charge on any atom is -0.508 e. The Hall–Kier alpha value is -4.21. The van der Waals surface area contributed by atoms with E-state index in [1.54, 1.807) is 42.5 Å². The lowest BCUT2D eigenvalue weighted by molar-refractivity contribution is -0.142. The molecule has 0 heterocycles. The number of rotatable bonds is 16. The fourth-order valence-electron chi connectivity index (χ4n) is 3.68. The van der Waals surface area contributed by atoms with Gasteiger partial charge in [0.1, 0.15) is 27.7 Å². The van der Waals surface area contributed by atoms with Crippen molar-refractivity contribution in [2.75, 3.05) is 25.1 Å². The van der Waals surface area contributed by atoms with E-state index >= 15 is 0 Å². The molecule has 14 nitrogen and oxygen atoms in total. The molecule has 2 aromatic carbocycles. The fraction of sp³-hybridized carbons (Fsp3) is 0.370. The first-order valence-electron chi connectivity index (χ1n) is 12.9. The van der Waals surface area contributed by atoms with Gasteiger partial charge in [0, 0.05) is 12.7 Å². The van der Waals surface area contributed by atoms with Crippen LogP contribution in [0.1, 0.15) is 17.5 Å². The second kappa shape index (κ2) is 17.7. The third-order valence-corrected chi connectivity index (χ3v) is 6.90. The SMILES string of the molecule is CS(=O)(=O)CCC(NC(=O)C(Cc1ccccc1)NC(=O)CNC(=O)CNC(=O)C(N)Cc1ccc(O)cc1)C(=O)O.Cl. The quantitative estimate of drug-likeness (QED) is 0.114. The molecule has 0 aliphatic rings. The zero-order chi connectivity index (χ0) is 31.3. The van der Waals surface area contributed by atoms with E-state index in [0.29, 0.717) is 11.1 Å². The second-order valence-corrected chi connectivity index (χ2v) is 11.9. The number of benzene rings is 2. The van der Waals surface area contributed by atoms with Crippen LogP contribution < -0.4 is 27.0 Å². The number of nitrogens with two attached hydrogens (primary N) is 1. The van der Waals surface area contributed by atoms with Gasteiger partial charge in [-0.05, 0) is 36.1 Å². The van der Waals surface area contributed by atoms with Crippen molar-refractivity contribution < 1.29 is 42.6 Å². The van der Waals surface area contributed by atoms with Gasteiger partial charge in [-0.15, -0.1) is 12.4 Å². The number of nitrogens with one attached hydrogen (secondary N) is 4. The normalized spacial score (nSPS) is 12.9. The summed E-state index contributed by atoms with van der Waals surface area (Å²) in [4.78, 5) is 61.5. The Morgan fingerprint density at radius 3 is 1.95 bits per heavy atom. The van der Waals surface area contributed by atoms with Crippen LogP contribution in [0.5, 0.6) is 5.75 Å². The minimum absolute atomic E-state index is 0. The third-order valence-electron chi connectivity index (χ3n) is 5.92. The van der Waals surface area contributed by atoms with Crippen LogP contribution in [0.2, 0.25) is 0 Å². The Kier molecular flexibility index (Phi) is 15.1. The Morgan fingerprint density at radius 2 is 1.37 bits per heavy atom. The molecule has 16 heteroatoms. The first kappa shape index (κ1) is 36.8. The zero-order valence-electron chi connectivity index (χ0n) is 23.3. The number of halogens is 1. The molecular weight excluding hydrogens is 606 g/mol. The van der Waals surface area contributed by atoms with Crippen LogP contribution in [-0.2, 0) is 46.7 Å². The Morgan fingerprint density at radius 1 is 0.791 bits per heavy atom. The highest BCUT2D eigenvalue weighted by Crippen LogP contribution is 2.11. The highest BCUT2D eigenvalue weighted by molar-refractivity contribution is 7.90. The van der Waals surface area contributed by atoms with Crippen LogP contribution in [-0.4, -0.2) is 91.5 Å². The number of aliphatic carboxylic acids is 1. The molecule has 4 amide bonds. The van der Waals surface area contributed by atoms with Crippen LogP contribution >= 0.6 is 12.4 Å². The highest BCUT2D eigenvalue weighted by atomic mass is 35.5. The maximum absolute atomic E-state index is 13.0. The van der Waals surface area contributed by atoms with E-state index in [4.69, 9.17) is 5.73 Å². The van der Waals surface area contributed by atoms with Crippen molar-refractivity contribution in [1.29, 1.82) is 0 Å². The predicted molar refractivity (Wildman–Crippen MR) is 159 cm³/mol. The average Bonchev–Trinajstić information content (AvgIpc) is 2.93. The van der Waals surface area contributed by atoms with Crippen LogP contribution in [0.4, 0.5) is 0 Å². The van der Waals surface area contributed by atoms with E-state index in [-0.39, 0.29) is 37.4 Å². The van der Waals surface area contributed by atoms with Crippen molar-refractivity contribution in [3.05, 3.63) is 65.7 Å². The number of phenols is 1. The molecular formula is C27H36ClN5O9S. The number of carbonyl (C=O) groups is 5. The number of hydrogen-bond donors (Lipinski definition) is 7. The lowest BCUT2D eigenvalue weighted by atomic mass is 10.0. The Labute approximate surface area is 255 Å². The molecule has 3 atom stereocenters. The van der Waals surface area contributed by atoms with Gasteiger partial charge in [-0.25, -0.2) is 13.2 Å². The van der Waals surface area contributed by atoms with Gasteiger partial charge < -0.3 is 37.2 Å². The van der Waals surface area contributed by atoms with E-state index in [1.165, 1.54) is 12.1 Å². The number of phenolic OH excluding ortho intramolecular Hbond substituents is 1. The van der Waals surface area contributed by atoms with E-state index in [0.717, 1.165) is 6.26 Å². The molecule has 0 radical (unpaired) electrons. The lowest BCUT2D eigenvalue weighted by Gasteiger charge is -2.22. The molecule has 0 fully saturated rings. The largest absolute Gasteiger partial charge is 0.508 e. The zero-order valence-corrected chi connectivity index (χ0v) is 24.9. The van der Waals surface area contributed by atoms with E-state index in [1.807, 2.05) is 0 Å². The summed E-state index contributed by atoms with van der Waals surface area (Å²) in [7, 11) is -3.49. The molecule has 0 aromatic heterocycles. The standard InChI is InChI=1S/C27H35N5O9S.ClH/c1-42(40,41)12-11-21(27(38)39)32-26(37)22(14-17-5-3-2-4-6-17)31-24(35)16-29-23(34)15-30-25(36)20(28)13-18-7-9-19(33)10-8-18;/h2-10,20-22,33H,11-16,28H2,1H3,(H,29,34)(H,30,36)(H,31,35)(H,32,37)(H,38,39);1H. The van der Waals surface area contributed by atoms with Gasteiger partial charge in [0.05, 0.1) is 24.9 Å². The van der Waals surface area contributed by atoms with Crippen LogP contribution in [0.15, 0.2) is 54.6 Å². The third kappa shape index (κ3) is 14.5. The number of carboxylic acids is 1. The summed E-state index contributed by atoms with van der Waals surface area (Å²) in [5, 5.41) is 28.2. The molecule has 2 rings (SSSR count). The van der Waals surface area contributed by atoms with Gasteiger partial charge in [-0.3, -0.25) is 19.2 Å². The topological polar surface area (TPSA) is 234 Å². The average molecular weight is 642 g/mol. The summed E-state index contributed by atoms with van der Waals surface area (Å²) in [5.41, 5.74) is 7.21. The monoisotopic (exact) mass is 641 g/mol. The summed E-state index contributed by atoms with van der Waals surface area (Å²) < 4.78 is 22.9. The van der Waals surface area contributed by atoms with Crippen molar-refractivity contribution in [2.24, 2.45) is 5.73 Å². The molecule has 236 valence electrons. The van der Waals surface area contributed by atoms with Crippen LogP contribution in [0.25, 0.3) is 0 Å². The van der Waals surface area contributed by atoms with E-state index in [9.17, 15) is 42.6 Å². The summed E-state index contributed by atoms with van der Waals surface area (Å²) in [6.45, 7) is -1.02. The van der Waals surface area contributed by atoms with Crippen molar-refractivity contribution in [1.82, 2.24) is 21.3 Å². The molecule has 0 bridgehead atoms. The van der Waals surface area contributed by atoms with E-state index < -0.39 is 76.4 Å². The molecule has 0 aliphatic heterocycles. The molecule has 3 unspecified atom stereocenters. The molecule has 0 saturated carbocycles. The van der Waals surface area contributed by atoms with Crippen molar-refractivity contribution in [2.45, 2.75) is 37.4 Å². The fourth-order valence-corrected chi connectivity index (χ4v) is 4.35. The molecule has 0 saturated heterocycles. The van der Waals surface area contributed by atoms with Crippen molar-refractivity contribution in [3.63, 3.8) is 0 Å². The number of carbonyl (C=O) groups excluding carboxylic acids is 4. The van der Waals surface area contributed by atoms with Crippen LogP contribution in [0, 0.1) is 0 Å². The Balaban J connectivity index is 0.00000924. The maximum Gasteiger partial charge on any atom is 0.326 e. The first-order valence-corrected chi connectivity index (χ1v) is 14.9. The number of carboxylic acid groups (broad SMARTS) is 1. The van der Waals surface area contributed by atoms with Gasteiger partial charge in [-0.1, -0.05) is 42.5 Å². The Bertz CT molecular complexity index is 1360. The van der Waals surface area contributed by atoms with Crippen molar-refractivity contribution >= 4 is 51.8 Å². The van der Waals surface area contributed by atoms with E-state index in [2.05, 4.69) is 21.3 Å². The van der Waals surface area contributed by atoms with Gasteiger partial charge in [-0.2, -0.15) is 0 Å². The van der Waals surface area contributed by atoms with Gasteiger partial charge in [0.25, 0.3) is 0 Å².